The number of carboxylic acids is 2. The zero-order valence-corrected chi connectivity index (χ0v) is 20.2. The Morgan fingerprint density at radius 1 is 0.613 bits per heavy atom. The molecule has 4 nitrogen and oxygen atoms in total. The maximum absolute atomic E-state index is 11.4. The summed E-state index contributed by atoms with van der Waals surface area (Å²) >= 11 is 0. The third kappa shape index (κ3) is 19.7. The van der Waals surface area contributed by atoms with Crippen LogP contribution in [0.2, 0.25) is 0 Å². The SMILES string of the molecule is CCCCCCCCCCC(C)(CCCCCCCCCC)CC(C(=O)O)C(=O)O.[BaH2]. The molecule has 0 rings (SSSR count). The van der Waals surface area contributed by atoms with Crippen LogP contribution in [0.15, 0.2) is 0 Å². The maximum atomic E-state index is 11.4. The molecule has 0 amide bonds. The molecule has 0 spiro atoms. The molecule has 0 atom stereocenters. The molecular formula is C26H52BaO4. The third-order valence-corrected chi connectivity index (χ3v) is 6.56. The van der Waals surface area contributed by atoms with Gasteiger partial charge in [0.2, 0.25) is 0 Å². The van der Waals surface area contributed by atoms with Crippen LogP contribution in [0.5, 0.6) is 0 Å². The average molecular weight is 566 g/mol. The molecule has 0 unspecified atom stereocenters. The third-order valence-electron chi connectivity index (χ3n) is 6.56. The number of hydrogen-bond donors (Lipinski definition) is 2. The molecule has 0 saturated carbocycles. The Morgan fingerprint density at radius 2 is 0.903 bits per heavy atom. The quantitative estimate of drug-likeness (QED) is 0.0819. The van der Waals surface area contributed by atoms with Crippen molar-refractivity contribution in [2.24, 2.45) is 11.3 Å². The van der Waals surface area contributed by atoms with Gasteiger partial charge < -0.3 is 10.2 Å². The second kappa shape index (κ2) is 22.3. The van der Waals surface area contributed by atoms with Gasteiger partial charge in [0.15, 0.2) is 5.92 Å². The van der Waals surface area contributed by atoms with Gasteiger partial charge in [0.1, 0.15) is 0 Å². The molecule has 0 aliphatic heterocycles. The van der Waals surface area contributed by atoms with Gasteiger partial charge in [-0.15, -0.1) is 0 Å². The number of unbranched alkanes of at least 4 members (excludes halogenated alkanes) is 14. The van der Waals surface area contributed by atoms with Crippen LogP contribution in [0.25, 0.3) is 0 Å². The van der Waals surface area contributed by atoms with Gasteiger partial charge in [0, 0.05) is 0 Å². The van der Waals surface area contributed by atoms with Gasteiger partial charge in [-0.05, 0) is 24.7 Å². The monoisotopic (exact) mass is 566 g/mol. The number of carbonyl (C=O) groups is 2. The molecule has 0 radical (unpaired) electrons. The summed E-state index contributed by atoms with van der Waals surface area (Å²) in [5.41, 5.74) is -0.189. The van der Waals surface area contributed by atoms with E-state index in [0.717, 1.165) is 25.7 Å². The number of carboxylic acid groups (broad SMARTS) is 2. The first kappa shape index (κ1) is 33.7. The second-order valence-corrected chi connectivity index (χ2v) is 9.69. The predicted octanol–water partition coefficient (Wildman–Crippen LogP) is 7.31. The first-order valence-electron chi connectivity index (χ1n) is 12.8. The Hall–Kier alpha value is 0.511. The van der Waals surface area contributed by atoms with Crippen molar-refractivity contribution in [2.75, 3.05) is 0 Å². The number of rotatable bonds is 22. The first-order chi connectivity index (χ1) is 14.4. The topological polar surface area (TPSA) is 74.6 Å². The van der Waals surface area contributed by atoms with E-state index >= 15 is 0 Å². The van der Waals surface area contributed by atoms with E-state index in [1.54, 1.807) is 0 Å². The van der Waals surface area contributed by atoms with E-state index in [0.29, 0.717) is 0 Å². The van der Waals surface area contributed by atoms with E-state index in [1.165, 1.54) is 89.9 Å². The summed E-state index contributed by atoms with van der Waals surface area (Å²) in [6.45, 7) is 6.58. The molecular weight excluding hydrogens is 514 g/mol. The Labute approximate surface area is 232 Å². The normalized spacial score (nSPS) is 11.5. The number of hydrogen-bond acceptors (Lipinski definition) is 2. The standard InChI is InChI=1S/C26H50O4.Ba.2H/c1-4-6-8-10-12-14-16-18-20-26(3,22-23(24(27)28)25(29)30)21-19-17-15-13-11-9-7-5-2;;;/h23H,4-22H2,1-3H3,(H,27,28)(H,29,30);;;. The summed E-state index contributed by atoms with van der Waals surface area (Å²) in [5, 5.41) is 18.7. The van der Waals surface area contributed by atoms with Crippen LogP contribution in [0.4, 0.5) is 0 Å². The van der Waals surface area contributed by atoms with Crippen LogP contribution in [0.1, 0.15) is 143 Å². The number of aliphatic carboxylic acids is 2. The van der Waals surface area contributed by atoms with E-state index in [1.807, 2.05) is 0 Å². The van der Waals surface area contributed by atoms with Crippen molar-refractivity contribution in [1.29, 1.82) is 0 Å². The van der Waals surface area contributed by atoms with E-state index in [-0.39, 0.29) is 60.7 Å². The Bertz CT molecular complexity index is 405. The molecule has 0 aliphatic rings. The van der Waals surface area contributed by atoms with E-state index < -0.39 is 17.9 Å². The van der Waals surface area contributed by atoms with Gasteiger partial charge in [-0.2, -0.15) is 0 Å². The van der Waals surface area contributed by atoms with Crippen molar-refractivity contribution in [2.45, 2.75) is 143 Å². The van der Waals surface area contributed by atoms with E-state index in [4.69, 9.17) is 0 Å². The van der Waals surface area contributed by atoms with Gasteiger partial charge in [0.25, 0.3) is 0 Å². The minimum atomic E-state index is -1.28. The Balaban J connectivity index is 0. The van der Waals surface area contributed by atoms with Gasteiger partial charge in [-0.1, -0.05) is 124 Å². The van der Waals surface area contributed by atoms with Gasteiger partial charge in [-0.3, -0.25) is 9.59 Å². The van der Waals surface area contributed by atoms with Crippen molar-refractivity contribution in [3.05, 3.63) is 0 Å². The second-order valence-electron chi connectivity index (χ2n) is 9.69. The van der Waals surface area contributed by atoms with Gasteiger partial charge in [-0.25, -0.2) is 0 Å². The zero-order chi connectivity index (χ0) is 22.7. The summed E-state index contributed by atoms with van der Waals surface area (Å²) in [7, 11) is 0. The van der Waals surface area contributed by atoms with E-state index in [2.05, 4.69) is 20.8 Å². The molecule has 0 heterocycles. The molecule has 182 valence electrons. The van der Waals surface area contributed by atoms with Crippen LogP contribution in [-0.4, -0.2) is 71.0 Å². The molecule has 31 heavy (non-hydrogen) atoms. The molecule has 0 fully saturated rings. The Kier molecular flexibility index (Phi) is 24.2. The summed E-state index contributed by atoms with van der Waals surface area (Å²) in [5.74, 6) is -3.67. The summed E-state index contributed by atoms with van der Waals surface area (Å²) in [6.07, 6.45) is 22.1. The zero-order valence-electron chi connectivity index (χ0n) is 20.2. The molecule has 0 aromatic carbocycles. The van der Waals surface area contributed by atoms with Crippen LogP contribution in [0.3, 0.4) is 0 Å². The first-order valence-corrected chi connectivity index (χ1v) is 12.8. The van der Waals surface area contributed by atoms with Gasteiger partial charge in [0.05, 0.1) is 0 Å². The van der Waals surface area contributed by atoms with Crippen LogP contribution < -0.4 is 0 Å². The molecule has 2 N–H and O–H groups in total. The van der Waals surface area contributed by atoms with E-state index in [9.17, 15) is 19.8 Å². The fourth-order valence-corrected chi connectivity index (χ4v) is 4.47. The summed E-state index contributed by atoms with van der Waals surface area (Å²) in [6, 6.07) is 0. The molecule has 0 aliphatic carbocycles. The predicted molar refractivity (Wildman–Crippen MR) is 134 cm³/mol. The minimum absolute atomic E-state index is 0. The summed E-state index contributed by atoms with van der Waals surface area (Å²) in [4.78, 5) is 22.9. The molecule has 0 aromatic heterocycles. The Morgan fingerprint density at radius 3 is 1.19 bits per heavy atom. The van der Waals surface area contributed by atoms with Crippen LogP contribution >= 0.6 is 0 Å². The van der Waals surface area contributed by atoms with Crippen LogP contribution in [-0.2, 0) is 9.59 Å². The summed E-state index contributed by atoms with van der Waals surface area (Å²) < 4.78 is 0. The average Bonchev–Trinajstić information content (AvgIpc) is 2.70. The fraction of sp³-hybridized carbons (Fsp3) is 0.923. The van der Waals surface area contributed by atoms with Crippen molar-refractivity contribution in [3.63, 3.8) is 0 Å². The molecule has 5 heteroatoms. The van der Waals surface area contributed by atoms with Crippen molar-refractivity contribution < 1.29 is 19.8 Å². The molecule has 0 aromatic rings. The van der Waals surface area contributed by atoms with Crippen molar-refractivity contribution in [1.82, 2.24) is 0 Å². The fourth-order valence-electron chi connectivity index (χ4n) is 4.47. The van der Waals surface area contributed by atoms with Gasteiger partial charge >= 0.3 is 60.8 Å². The molecule has 0 bridgehead atoms. The molecule has 0 saturated heterocycles. The van der Waals surface area contributed by atoms with Crippen molar-refractivity contribution >= 4 is 60.8 Å². The van der Waals surface area contributed by atoms with Crippen LogP contribution in [0, 0.1) is 11.3 Å². The van der Waals surface area contributed by atoms with Crippen molar-refractivity contribution in [3.8, 4) is 0 Å².